The lowest BCUT2D eigenvalue weighted by molar-refractivity contribution is -0.0180. The topological polar surface area (TPSA) is 72.4 Å². The predicted molar refractivity (Wildman–Crippen MR) is 111 cm³/mol. The quantitative estimate of drug-likeness (QED) is 0.424. The highest BCUT2D eigenvalue weighted by Gasteiger charge is 2.25. The van der Waals surface area contributed by atoms with Gasteiger partial charge >= 0.3 is 0 Å². The van der Waals surface area contributed by atoms with Crippen LogP contribution in [0.25, 0.3) is 0 Å². The van der Waals surface area contributed by atoms with Crippen molar-refractivity contribution in [3.05, 3.63) is 0 Å². The van der Waals surface area contributed by atoms with Crippen LogP contribution in [-0.4, -0.2) is 98.1 Å². The second-order valence-electron chi connectivity index (χ2n) is 8.53. The third-order valence-corrected chi connectivity index (χ3v) is 5.60. The Morgan fingerprint density at radius 1 is 1.22 bits per heavy atom. The van der Waals surface area contributed by atoms with Crippen molar-refractivity contribution >= 4 is 5.96 Å². The van der Waals surface area contributed by atoms with Crippen LogP contribution in [-0.2, 0) is 4.74 Å². The number of aliphatic hydroxyl groups is 1. The highest BCUT2D eigenvalue weighted by molar-refractivity contribution is 5.79. The predicted octanol–water partition coefficient (Wildman–Crippen LogP) is 0.745. The van der Waals surface area contributed by atoms with Gasteiger partial charge in [-0.05, 0) is 52.6 Å². The third kappa shape index (κ3) is 8.34. The van der Waals surface area contributed by atoms with Gasteiger partial charge in [0.05, 0.1) is 25.4 Å². The fraction of sp³-hybridized carbons (Fsp3) is 0.950. The van der Waals surface area contributed by atoms with Gasteiger partial charge in [0.1, 0.15) is 0 Å². The lowest BCUT2D eigenvalue weighted by atomic mass is 9.98. The molecule has 2 unspecified atom stereocenters. The number of aliphatic imine (C=N–C) groups is 1. The molecule has 0 saturated carbocycles. The first-order valence-corrected chi connectivity index (χ1v) is 10.7. The lowest BCUT2D eigenvalue weighted by Gasteiger charge is -2.35. The summed E-state index contributed by atoms with van der Waals surface area (Å²) in [6, 6.07) is 0.482. The summed E-state index contributed by atoms with van der Waals surface area (Å²) in [5.41, 5.74) is -0.839. The van der Waals surface area contributed by atoms with Crippen molar-refractivity contribution in [1.82, 2.24) is 20.4 Å². The maximum Gasteiger partial charge on any atom is 0.191 e. The van der Waals surface area contributed by atoms with E-state index >= 15 is 0 Å². The molecule has 3 N–H and O–H groups in total. The van der Waals surface area contributed by atoms with E-state index in [4.69, 9.17) is 4.74 Å². The van der Waals surface area contributed by atoms with Crippen LogP contribution >= 0.6 is 0 Å². The first-order chi connectivity index (χ1) is 12.9. The van der Waals surface area contributed by atoms with E-state index in [9.17, 15) is 5.11 Å². The summed E-state index contributed by atoms with van der Waals surface area (Å²) < 4.78 is 5.38. The van der Waals surface area contributed by atoms with Crippen LogP contribution in [0.3, 0.4) is 0 Å². The Balaban J connectivity index is 1.79. The molecule has 0 aromatic rings. The summed E-state index contributed by atoms with van der Waals surface area (Å²) in [6.07, 6.45) is 2.59. The number of ether oxygens (including phenoxy) is 1. The largest absolute Gasteiger partial charge is 0.387 e. The van der Waals surface area contributed by atoms with E-state index in [1.54, 1.807) is 0 Å². The number of nitrogens with zero attached hydrogens (tertiary/aromatic N) is 3. The zero-order valence-corrected chi connectivity index (χ0v) is 17.8. The fourth-order valence-corrected chi connectivity index (χ4v) is 3.72. The number of likely N-dealkylation sites (tertiary alicyclic amines) is 1. The Hall–Kier alpha value is -0.890. The molecule has 2 aliphatic heterocycles. The minimum Gasteiger partial charge on any atom is -0.387 e. The van der Waals surface area contributed by atoms with Crippen LogP contribution in [0.5, 0.6) is 0 Å². The summed E-state index contributed by atoms with van der Waals surface area (Å²) >= 11 is 0. The van der Waals surface area contributed by atoms with E-state index in [0.29, 0.717) is 19.1 Å². The van der Waals surface area contributed by atoms with Crippen molar-refractivity contribution in [3.8, 4) is 0 Å². The molecule has 27 heavy (non-hydrogen) atoms. The van der Waals surface area contributed by atoms with Crippen molar-refractivity contribution in [2.75, 3.05) is 65.6 Å². The SMILES string of the molecule is CCNC(=NCC(C)(O)CN1CCOCC1)NCC(C)N1CCC(C)CC1. The first kappa shape index (κ1) is 22.4. The Labute approximate surface area is 165 Å². The molecule has 0 radical (unpaired) electrons. The van der Waals surface area contributed by atoms with Gasteiger partial charge in [0.15, 0.2) is 5.96 Å². The van der Waals surface area contributed by atoms with E-state index in [2.05, 4.69) is 46.2 Å². The van der Waals surface area contributed by atoms with Crippen molar-refractivity contribution < 1.29 is 9.84 Å². The number of rotatable bonds is 8. The second kappa shape index (κ2) is 11.2. The number of nitrogens with one attached hydrogen (secondary N) is 2. The molecule has 2 rings (SSSR count). The number of β-amino-alcohol motifs (C(OH)–C–C–N with tert-alkyl or cyclic N) is 1. The van der Waals surface area contributed by atoms with E-state index in [-0.39, 0.29) is 0 Å². The van der Waals surface area contributed by atoms with Crippen LogP contribution < -0.4 is 10.6 Å². The molecule has 0 aliphatic carbocycles. The minimum atomic E-state index is -0.839. The van der Waals surface area contributed by atoms with Gasteiger partial charge in [0.25, 0.3) is 0 Å². The Bertz CT molecular complexity index is 444. The van der Waals surface area contributed by atoms with E-state index < -0.39 is 5.60 Å². The van der Waals surface area contributed by atoms with Gasteiger partial charge in [-0.25, -0.2) is 0 Å². The number of hydrogen-bond donors (Lipinski definition) is 3. The van der Waals surface area contributed by atoms with Gasteiger partial charge in [0.2, 0.25) is 0 Å². The van der Waals surface area contributed by atoms with E-state index in [1.807, 2.05) is 6.92 Å². The fourth-order valence-electron chi connectivity index (χ4n) is 3.72. The Morgan fingerprint density at radius 2 is 1.89 bits per heavy atom. The number of morpholine rings is 1. The summed E-state index contributed by atoms with van der Waals surface area (Å²) in [6.45, 7) is 16.9. The molecular formula is C20H41N5O2. The molecule has 0 aromatic heterocycles. The smallest absolute Gasteiger partial charge is 0.191 e. The van der Waals surface area contributed by atoms with Gasteiger partial charge in [-0.2, -0.15) is 0 Å². The highest BCUT2D eigenvalue weighted by atomic mass is 16.5. The number of hydrogen-bond acceptors (Lipinski definition) is 5. The summed E-state index contributed by atoms with van der Waals surface area (Å²) in [5.74, 6) is 1.64. The van der Waals surface area contributed by atoms with Crippen molar-refractivity contribution in [2.24, 2.45) is 10.9 Å². The molecule has 2 atom stereocenters. The zero-order valence-electron chi connectivity index (χ0n) is 17.8. The molecule has 2 aliphatic rings. The maximum atomic E-state index is 10.7. The Morgan fingerprint density at radius 3 is 2.52 bits per heavy atom. The molecule has 0 amide bonds. The van der Waals surface area contributed by atoms with Gasteiger partial charge in [-0.1, -0.05) is 6.92 Å². The molecule has 7 heteroatoms. The number of piperidine rings is 1. The molecular weight excluding hydrogens is 342 g/mol. The molecule has 0 spiro atoms. The van der Waals surface area contributed by atoms with Crippen LogP contribution in [0.4, 0.5) is 0 Å². The van der Waals surface area contributed by atoms with Gasteiger partial charge < -0.3 is 20.5 Å². The molecule has 2 saturated heterocycles. The third-order valence-electron chi connectivity index (χ3n) is 5.60. The summed E-state index contributed by atoms with van der Waals surface area (Å²) in [5, 5.41) is 17.5. The van der Waals surface area contributed by atoms with Crippen LogP contribution in [0.1, 0.15) is 40.5 Å². The molecule has 158 valence electrons. The van der Waals surface area contributed by atoms with Crippen LogP contribution in [0.15, 0.2) is 4.99 Å². The van der Waals surface area contributed by atoms with Gasteiger partial charge in [-0.15, -0.1) is 0 Å². The van der Waals surface area contributed by atoms with Crippen molar-refractivity contribution in [1.29, 1.82) is 0 Å². The minimum absolute atomic E-state index is 0.384. The molecule has 0 aromatic carbocycles. The maximum absolute atomic E-state index is 10.7. The monoisotopic (exact) mass is 383 g/mol. The second-order valence-corrected chi connectivity index (χ2v) is 8.53. The molecule has 7 nitrogen and oxygen atoms in total. The van der Waals surface area contributed by atoms with Crippen LogP contribution in [0, 0.1) is 5.92 Å². The average Bonchev–Trinajstić information content (AvgIpc) is 2.65. The standard InChI is InChI=1S/C20H41N5O2/c1-5-21-19(22-14-18(3)25-8-6-17(2)7-9-25)23-15-20(4,26)16-24-10-12-27-13-11-24/h17-18,26H,5-16H2,1-4H3,(H2,21,22,23). The lowest BCUT2D eigenvalue weighted by Crippen LogP contribution is -2.49. The summed E-state index contributed by atoms with van der Waals surface area (Å²) in [4.78, 5) is 9.46. The van der Waals surface area contributed by atoms with Gasteiger partial charge in [-0.3, -0.25) is 14.8 Å². The van der Waals surface area contributed by atoms with Crippen LogP contribution in [0.2, 0.25) is 0 Å². The Kier molecular flexibility index (Phi) is 9.29. The average molecular weight is 384 g/mol. The first-order valence-electron chi connectivity index (χ1n) is 10.7. The van der Waals surface area contributed by atoms with Crippen molar-refractivity contribution in [2.45, 2.75) is 52.2 Å². The van der Waals surface area contributed by atoms with E-state index in [1.165, 1.54) is 25.9 Å². The molecule has 2 fully saturated rings. The zero-order chi connectivity index (χ0) is 19.7. The number of guanidine groups is 1. The summed E-state index contributed by atoms with van der Waals surface area (Å²) in [7, 11) is 0. The van der Waals surface area contributed by atoms with Crippen molar-refractivity contribution in [3.63, 3.8) is 0 Å². The normalized spacial score (nSPS) is 24.4. The van der Waals surface area contributed by atoms with Gasteiger partial charge in [0, 0.05) is 38.8 Å². The van der Waals surface area contributed by atoms with E-state index in [0.717, 1.165) is 51.3 Å². The molecule has 2 heterocycles. The highest BCUT2D eigenvalue weighted by Crippen LogP contribution is 2.17. The molecule has 0 bridgehead atoms.